The minimum absolute atomic E-state index is 0. The van der Waals surface area contributed by atoms with Crippen LogP contribution in [0.25, 0.3) is 5.32 Å². The van der Waals surface area contributed by atoms with Crippen LogP contribution in [0.15, 0.2) is 0 Å². The van der Waals surface area contributed by atoms with Crippen LogP contribution in [0, 0.1) is 5.92 Å². The molecule has 130 valence electrons. The van der Waals surface area contributed by atoms with Gasteiger partial charge < -0.3 is 20.0 Å². The Morgan fingerprint density at radius 2 is 1.33 bits per heavy atom. The van der Waals surface area contributed by atoms with Gasteiger partial charge in [0.05, 0.1) is 5.91 Å². The first-order valence-electron chi connectivity index (χ1n) is 8.91. The van der Waals surface area contributed by atoms with E-state index in [0.29, 0.717) is 12.8 Å². The zero-order chi connectivity index (χ0) is 16.8. The van der Waals surface area contributed by atoms with E-state index >= 15 is 0 Å². The Morgan fingerprint density at radius 1 is 0.875 bits per heavy atom. The minimum atomic E-state index is -1.24. The van der Waals surface area contributed by atoms with E-state index in [0.717, 1.165) is 19.3 Å². The van der Waals surface area contributed by atoms with Crippen molar-refractivity contribution >= 4 is 11.9 Å². The van der Waals surface area contributed by atoms with E-state index in [1.54, 1.807) is 0 Å². The first-order chi connectivity index (χ1) is 10.5. The van der Waals surface area contributed by atoms with Crippen LogP contribution in [0.3, 0.4) is 0 Å². The van der Waals surface area contributed by atoms with E-state index in [4.69, 9.17) is 0 Å². The molecule has 0 fully saturated rings. The summed E-state index contributed by atoms with van der Waals surface area (Å²) in [5.74, 6) is -1.35. The number of carboxylic acids is 1. The Bertz CT molecular complexity index is 313. The summed E-state index contributed by atoms with van der Waals surface area (Å²) in [7, 11) is 0. The molecule has 0 N–H and O–H groups in total. The molecule has 0 heterocycles. The normalized spacial score (nSPS) is 11.3. The third-order valence-corrected chi connectivity index (χ3v) is 3.76. The van der Waals surface area contributed by atoms with E-state index in [9.17, 15) is 14.7 Å². The van der Waals surface area contributed by atoms with Crippen LogP contribution < -0.4 is 64.2 Å². The smallest absolute Gasteiger partial charge is 0.646 e. The number of carboxylic acid groups (broad SMARTS) is 1. The second-order valence-electron chi connectivity index (χ2n) is 6.57. The van der Waals surface area contributed by atoms with Crippen LogP contribution in [-0.4, -0.2) is 17.9 Å². The van der Waals surface area contributed by atoms with Crippen molar-refractivity contribution in [3.63, 3.8) is 0 Å². The molecule has 0 aliphatic heterocycles. The van der Waals surface area contributed by atoms with Crippen LogP contribution in [0.1, 0.15) is 91.4 Å². The van der Waals surface area contributed by atoms with Crippen LogP contribution >= 0.6 is 0 Å². The SMILES string of the molecule is CCCCCCCCCCCC(=O)[N-][C@@H](CC(C)C)C(=O)[O-].[Na+].[Na+]. The molecule has 0 saturated carbocycles. The molecule has 0 unspecified atom stereocenters. The van der Waals surface area contributed by atoms with Gasteiger partial charge in [-0.2, -0.15) is 0 Å². The Balaban J connectivity index is -0.00000220. The number of hydrogen-bond acceptors (Lipinski definition) is 3. The van der Waals surface area contributed by atoms with E-state index in [1.165, 1.54) is 38.5 Å². The number of unbranched alkanes of at least 4 members (excludes halogenated alkanes) is 8. The number of aliphatic carboxylic acids is 1. The summed E-state index contributed by atoms with van der Waals surface area (Å²) in [4.78, 5) is 22.6. The maximum atomic E-state index is 11.7. The van der Waals surface area contributed by atoms with Gasteiger partial charge >= 0.3 is 59.1 Å². The quantitative estimate of drug-likeness (QED) is 0.266. The predicted molar refractivity (Wildman–Crippen MR) is 88.5 cm³/mol. The standard InChI is InChI=1S/C18H35NO3.2Na/c1-4-5-6-7-8-9-10-11-12-13-17(20)19-16(18(21)22)14-15(2)3;;/h15-16H,4-14H2,1-3H3,(H2,19,20,21,22);;/q;2*+1/p-2/t16-;;/m0../s1. The molecular formula is C18H33NNa2O3. The molecule has 0 aromatic heterocycles. The topological polar surface area (TPSA) is 71.3 Å². The summed E-state index contributed by atoms with van der Waals surface area (Å²) < 4.78 is 0. The number of amides is 1. The van der Waals surface area contributed by atoms with Crippen molar-refractivity contribution < 1.29 is 73.8 Å². The van der Waals surface area contributed by atoms with E-state index in [-0.39, 0.29) is 70.9 Å². The van der Waals surface area contributed by atoms with Crippen molar-refractivity contribution in [2.45, 2.75) is 97.4 Å². The molecule has 0 bridgehead atoms. The minimum Gasteiger partial charge on any atom is -0.646 e. The third kappa shape index (κ3) is 19.3. The number of nitrogens with zero attached hydrogens (tertiary/aromatic N) is 1. The van der Waals surface area contributed by atoms with E-state index in [2.05, 4.69) is 12.2 Å². The van der Waals surface area contributed by atoms with Gasteiger partial charge in [-0.1, -0.05) is 84.6 Å². The Hall–Kier alpha value is 0.940. The largest absolute Gasteiger partial charge is 1.00 e. The molecule has 24 heavy (non-hydrogen) atoms. The average molecular weight is 357 g/mol. The average Bonchev–Trinajstić information content (AvgIpc) is 2.44. The van der Waals surface area contributed by atoms with Gasteiger partial charge in [0.25, 0.3) is 0 Å². The van der Waals surface area contributed by atoms with Gasteiger partial charge in [-0.05, 0) is 18.8 Å². The van der Waals surface area contributed by atoms with Crippen molar-refractivity contribution in [2.75, 3.05) is 0 Å². The summed E-state index contributed by atoms with van der Waals surface area (Å²) in [5, 5.41) is 14.7. The van der Waals surface area contributed by atoms with Crippen molar-refractivity contribution in [2.24, 2.45) is 5.92 Å². The van der Waals surface area contributed by atoms with Gasteiger partial charge in [-0.15, -0.1) is 0 Å². The van der Waals surface area contributed by atoms with Crippen molar-refractivity contribution in [1.82, 2.24) is 0 Å². The summed E-state index contributed by atoms with van der Waals surface area (Å²) >= 11 is 0. The molecule has 0 aliphatic carbocycles. The van der Waals surface area contributed by atoms with E-state index in [1.807, 2.05) is 13.8 Å². The predicted octanol–water partition coefficient (Wildman–Crippen LogP) is -2.02. The zero-order valence-electron chi connectivity index (χ0n) is 16.6. The fraction of sp³-hybridized carbons (Fsp3) is 0.889. The third-order valence-electron chi connectivity index (χ3n) is 3.76. The number of carbonyl (C=O) groups excluding carboxylic acids is 2. The van der Waals surface area contributed by atoms with Crippen molar-refractivity contribution in [3.05, 3.63) is 5.32 Å². The summed E-state index contributed by atoms with van der Waals surface area (Å²) in [6.07, 6.45) is 11.4. The summed E-state index contributed by atoms with van der Waals surface area (Å²) in [6.45, 7) is 6.04. The second kappa shape index (κ2) is 20.3. The van der Waals surface area contributed by atoms with Crippen LogP contribution in [0.4, 0.5) is 0 Å². The van der Waals surface area contributed by atoms with Crippen LogP contribution in [-0.2, 0) is 9.59 Å². The van der Waals surface area contributed by atoms with E-state index < -0.39 is 12.0 Å². The van der Waals surface area contributed by atoms with Crippen molar-refractivity contribution in [3.8, 4) is 0 Å². The van der Waals surface area contributed by atoms with Gasteiger partial charge in [-0.25, -0.2) is 0 Å². The van der Waals surface area contributed by atoms with Gasteiger partial charge in [0.15, 0.2) is 0 Å². The Kier molecular flexibility index (Phi) is 25.1. The van der Waals surface area contributed by atoms with Crippen LogP contribution in [0.5, 0.6) is 0 Å². The van der Waals surface area contributed by atoms with Crippen molar-refractivity contribution in [1.29, 1.82) is 0 Å². The fourth-order valence-electron chi connectivity index (χ4n) is 2.47. The maximum Gasteiger partial charge on any atom is 1.00 e. The van der Waals surface area contributed by atoms with Gasteiger partial charge in [0, 0.05) is 5.97 Å². The van der Waals surface area contributed by atoms with Crippen LogP contribution in [0.2, 0.25) is 0 Å². The molecule has 0 aliphatic rings. The Labute approximate surface area is 192 Å². The molecule has 0 aromatic carbocycles. The first-order valence-corrected chi connectivity index (χ1v) is 8.91. The molecule has 0 spiro atoms. The molecule has 0 aromatic rings. The second-order valence-corrected chi connectivity index (χ2v) is 6.57. The summed E-state index contributed by atoms with van der Waals surface area (Å²) in [5.41, 5.74) is 0. The molecule has 0 rings (SSSR count). The first kappa shape index (κ1) is 29.7. The molecule has 0 saturated heterocycles. The zero-order valence-corrected chi connectivity index (χ0v) is 20.6. The molecule has 1 amide bonds. The number of carbonyl (C=O) groups is 2. The molecular weight excluding hydrogens is 324 g/mol. The van der Waals surface area contributed by atoms with Gasteiger partial charge in [-0.3, -0.25) is 0 Å². The molecule has 1 atom stereocenters. The maximum absolute atomic E-state index is 11.7. The fourth-order valence-corrected chi connectivity index (χ4v) is 2.47. The molecule has 6 heteroatoms. The number of hydrogen-bond donors (Lipinski definition) is 0. The number of rotatable bonds is 14. The van der Waals surface area contributed by atoms with Gasteiger partial charge in [0.1, 0.15) is 0 Å². The monoisotopic (exact) mass is 357 g/mol. The summed E-state index contributed by atoms with van der Waals surface area (Å²) in [6, 6.07) is -0.980. The molecule has 0 radical (unpaired) electrons. The molecule has 4 nitrogen and oxygen atoms in total. The Morgan fingerprint density at radius 3 is 1.75 bits per heavy atom. The van der Waals surface area contributed by atoms with Gasteiger partial charge in [0.2, 0.25) is 0 Å².